The maximum atomic E-state index is 13.6. The van der Waals surface area contributed by atoms with Crippen LogP contribution in [0.5, 0.6) is 5.75 Å². The highest BCUT2D eigenvalue weighted by Gasteiger charge is 2.27. The number of amides is 1. The monoisotopic (exact) mass is 480 g/mol. The Kier molecular flexibility index (Phi) is 7.31. The molecule has 1 saturated heterocycles. The zero-order valence-electron chi connectivity index (χ0n) is 19.2. The van der Waals surface area contributed by atoms with E-state index in [2.05, 4.69) is 4.72 Å². The van der Waals surface area contributed by atoms with E-state index in [4.69, 9.17) is 9.47 Å². The Hall–Kier alpha value is -3.20. The maximum Gasteiger partial charge on any atom is 0.257 e. The quantitative estimate of drug-likeness (QED) is 0.559. The lowest BCUT2D eigenvalue weighted by Crippen LogP contribution is -2.41. The van der Waals surface area contributed by atoms with E-state index in [0.29, 0.717) is 32.1 Å². The minimum Gasteiger partial charge on any atom is -0.496 e. The molecule has 1 aliphatic rings. The van der Waals surface area contributed by atoms with E-state index in [9.17, 15) is 13.2 Å². The second-order valence-corrected chi connectivity index (χ2v) is 9.80. The maximum absolute atomic E-state index is 13.6. The molecular formula is C26H28N2O5S. The van der Waals surface area contributed by atoms with Gasteiger partial charge in [-0.25, -0.2) is 8.42 Å². The van der Waals surface area contributed by atoms with Crippen LogP contribution < -0.4 is 9.46 Å². The number of hydrogen-bond donors (Lipinski definition) is 1. The first-order valence-electron chi connectivity index (χ1n) is 11.1. The molecule has 0 aliphatic carbocycles. The van der Waals surface area contributed by atoms with E-state index >= 15 is 0 Å². The van der Waals surface area contributed by atoms with Gasteiger partial charge in [0.1, 0.15) is 5.75 Å². The van der Waals surface area contributed by atoms with Gasteiger partial charge in [0.15, 0.2) is 0 Å². The van der Waals surface area contributed by atoms with Crippen molar-refractivity contribution in [1.82, 2.24) is 9.62 Å². The van der Waals surface area contributed by atoms with E-state index in [1.165, 1.54) is 25.3 Å². The Balaban J connectivity index is 1.71. The fraction of sp³-hybridized carbons (Fsp3) is 0.269. The third-order valence-corrected chi connectivity index (χ3v) is 7.34. The molecule has 3 aromatic carbocycles. The summed E-state index contributed by atoms with van der Waals surface area (Å²) in [6, 6.07) is 20.9. The summed E-state index contributed by atoms with van der Waals surface area (Å²) in [4.78, 5) is 14.8. The van der Waals surface area contributed by atoms with Crippen molar-refractivity contribution in [3.8, 4) is 5.75 Å². The molecule has 178 valence electrons. The van der Waals surface area contributed by atoms with Crippen LogP contribution in [0, 0.1) is 6.92 Å². The number of ether oxygens (including phenoxy) is 2. The number of hydrogen-bond acceptors (Lipinski definition) is 5. The van der Waals surface area contributed by atoms with Crippen molar-refractivity contribution in [3.63, 3.8) is 0 Å². The average Bonchev–Trinajstić information content (AvgIpc) is 2.88. The predicted octanol–water partition coefficient (Wildman–Crippen LogP) is 3.54. The predicted molar refractivity (Wildman–Crippen MR) is 130 cm³/mol. The molecule has 8 heteroatoms. The first-order chi connectivity index (χ1) is 16.4. The lowest BCUT2D eigenvalue weighted by molar-refractivity contribution is 0.0300. The van der Waals surface area contributed by atoms with Crippen LogP contribution in [0.4, 0.5) is 0 Å². The van der Waals surface area contributed by atoms with Crippen molar-refractivity contribution in [2.75, 3.05) is 33.4 Å². The summed E-state index contributed by atoms with van der Waals surface area (Å²) < 4.78 is 40.7. The van der Waals surface area contributed by atoms with Crippen molar-refractivity contribution in [1.29, 1.82) is 0 Å². The summed E-state index contributed by atoms with van der Waals surface area (Å²) in [7, 11) is -2.53. The Morgan fingerprint density at radius 2 is 1.68 bits per heavy atom. The van der Waals surface area contributed by atoms with E-state index in [1.807, 2.05) is 61.5 Å². The van der Waals surface area contributed by atoms with Gasteiger partial charge >= 0.3 is 0 Å². The Bertz CT molecular complexity index is 1260. The molecule has 7 nitrogen and oxygen atoms in total. The number of methoxy groups -OCH3 is 1. The molecule has 0 aromatic heterocycles. The molecule has 1 heterocycles. The molecule has 0 radical (unpaired) electrons. The van der Waals surface area contributed by atoms with E-state index < -0.39 is 16.1 Å². The van der Waals surface area contributed by atoms with Crippen molar-refractivity contribution in [2.24, 2.45) is 0 Å². The molecule has 34 heavy (non-hydrogen) atoms. The van der Waals surface area contributed by atoms with Gasteiger partial charge < -0.3 is 14.4 Å². The summed E-state index contributed by atoms with van der Waals surface area (Å²) >= 11 is 0. The lowest BCUT2D eigenvalue weighted by Gasteiger charge is -2.27. The van der Waals surface area contributed by atoms with Gasteiger partial charge in [0.05, 0.1) is 36.8 Å². The van der Waals surface area contributed by atoms with Crippen LogP contribution in [0.2, 0.25) is 0 Å². The molecule has 4 rings (SSSR count). The molecule has 1 aliphatic heterocycles. The van der Waals surface area contributed by atoms with Gasteiger partial charge in [-0.15, -0.1) is 0 Å². The standard InChI is InChI=1S/C26H28N2O5S/c1-19-8-6-7-11-22(19)25(20-9-4-3-5-10-20)27-34(30,31)21-12-13-24(32-2)23(18-21)26(29)28-14-16-33-17-15-28/h3-13,18,25,27H,14-17H2,1-2H3. The molecule has 0 bridgehead atoms. The number of morpholine rings is 1. The van der Waals surface area contributed by atoms with Gasteiger partial charge in [0.25, 0.3) is 5.91 Å². The normalized spacial score (nSPS) is 15.1. The Morgan fingerprint density at radius 3 is 2.35 bits per heavy atom. The van der Waals surface area contributed by atoms with Crippen LogP contribution in [0.3, 0.4) is 0 Å². The minimum absolute atomic E-state index is 0.000533. The average molecular weight is 481 g/mol. The second-order valence-electron chi connectivity index (χ2n) is 8.09. The lowest BCUT2D eigenvalue weighted by atomic mass is 9.96. The SMILES string of the molecule is COc1ccc(S(=O)(=O)NC(c2ccccc2)c2ccccc2C)cc1C(=O)N1CCOCC1. The summed E-state index contributed by atoms with van der Waals surface area (Å²) in [6.07, 6.45) is 0. The fourth-order valence-electron chi connectivity index (χ4n) is 4.05. The van der Waals surface area contributed by atoms with E-state index in [1.54, 1.807) is 4.90 Å². The van der Waals surface area contributed by atoms with Crippen LogP contribution in [0.15, 0.2) is 77.7 Å². The number of carbonyl (C=O) groups is 1. The number of carbonyl (C=O) groups excluding carboxylic acids is 1. The zero-order valence-corrected chi connectivity index (χ0v) is 20.0. The van der Waals surface area contributed by atoms with Crippen molar-refractivity contribution in [3.05, 3.63) is 95.1 Å². The number of sulfonamides is 1. The van der Waals surface area contributed by atoms with Crippen LogP contribution in [-0.2, 0) is 14.8 Å². The summed E-state index contributed by atoms with van der Waals surface area (Å²) in [5.74, 6) is 0.0460. The van der Waals surface area contributed by atoms with Gasteiger partial charge in [0, 0.05) is 13.1 Å². The molecular weight excluding hydrogens is 452 g/mol. The minimum atomic E-state index is -3.99. The first kappa shape index (κ1) is 23.9. The molecule has 1 atom stereocenters. The number of aryl methyl sites for hydroxylation is 1. The van der Waals surface area contributed by atoms with Crippen LogP contribution >= 0.6 is 0 Å². The number of nitrogens with zero attached hydrogens (tertiary/aromatic N) is 1. The number of nitrogens with one attached hydrogen (secondary N) is 1. The number of rotatable bonds is 7. The van der Waals surface area contributed by atoms with Gasteiger partial charge in [0.2, 0.25) is 10.0 Å². The van der Waals surface area contributed by atoms with E-state index in [0.717, 1.165) is 16.7 Å². The molecule has 0 spiro atoms. The summed E-state index contributed by atoms with van der Waals surface area (Å²) in [6.45, 7) is 3.73. The molecule has 1 amide bonds. The molecule has 1 unspecified atom stereocenters. The van der Waals surface area contributed by atoms with Crippen molar-refractivity contribution < 1.29 is 22.7 Å². The van der Waals surface area contributed by atoms with Crippen LogP contribution in [-0.4, -0.2) is 52.6 Å². The zero-order chi connectivity index (χ0) is 24.1. The fourth-order valence-corrected chi connectivity index (χ4v) is 5.28. The van der Waals surface area contributed by atoms with Gasteiger partial charge in [-0.3, -0.25) is 4.79 Å². The summed E-state index contributed by atoms with van der Waals surface area (Å²) in [5.41, 5.74) is 2.85. The highest BCUT2D eigenvalue weighted by molar-refractivity contribution is 7.89. The largest absolute Gasteiger partial charge is 0.496 e. The third kappa shape index (κ3) is 5.14. The highest BCUT2D eigenvalue weighted by atomic mass is 32.2. The Morgan fingerprint density at radius 1 is 1.00 bits per heavy atom. The van der Waals surface area contributed by atoms with E-state index in [-0.39, 0.29) is 16.4 Å². The highest BCUT2D eigenvalue weighted by Crippen LogP contribution is 2.29. The molecule has 3 aromatic rings. The smallest absolute Gasteiger partial charge is 0.257 e. The van der Waals surface area contributed by atoms with Crippen LogP contribution in [0.1, 0.15) is 33.1 Å². The summed E-state index contributed by atoms with van der Waals surface area (Å²) in [5, 5.41) is 0. The van der Waals surface area contributed by atoms with Crippen molar-refractivity contribution in [2.45, 2.75) is 17.9 Å². The molecule has 1 N–H and O–H groups in total. The van der Waals surface area contributed by atoms with Gasteiger partial charge in [-0.05, 0) is 41.8 Å². The van der Waals surface area contributed by atoms with Crippen LogP contribution in [0.25, 0.3) is 0 Å². The van der Waals surface area contributed by atoms with Gasteiger partial charge in [-0.2, -0.15) is 4.72 Å². The van der Waals surface area contributed by atoms with Crippen molar-refractivity contribution >= 4 is 15.9 Å². The van der Waals surface area contributed by atoms with Gasteiger partial charge in [-0.1, -0.05) is 54.6 Å². The topological polar surface area (TPSA) is 84.9 Å². The number of benzene rings is 3. The Labute approximate surface area is 200 Å². The second kappa shape index (κ2) is 10.4. The molecule has 0 saturated carbocycles. The first-order valence-corrected chi connectivity index (χ1v) is 12.6. The molecule has 1 fully saturated rings. The third-order valence-electron chi connectivity index (χ3n) is 5.92.